The summed E-state index contributed by atoms with van der Waals surface area (Å²) in [6.45, 7) is 1.82. The van der Waals surface area contributed by atoms with Crippen molar-refractivity contribution in [2.45, 2.75) is 17.2 Å². The number of rotatable bonds is 6. The Morgan fingerprint density at radius 2 is 1.85 bits per heavy atom. The van der Waals surface area contributed by atoms with Crippen LogP contribution in [0.1, 0.15) is 22.8 Å². The zero-order valence-electron chi connectivity index (χ0n) is 17.5. The summed E-state index contributed by atoms with van der Waals surface area (Å²) in [5.74, 6) is 0.360. The third-order valence-electron chi connectivity index (χ3n) is 4.71. The second-order valence-electron chi connectivity index (χ2n) is 7.02. The first-order chi connectivity index (χ1) is 15.9. The number of thioether (sulfide) groups is 1. The fourth-order valence-corrected chi connectivity index (χ4v) is 3.90. The fourth-order valence-electron chi connectivity index (χ4n) is 3.02. The van der Waals surface area contributed by atoms with Crippen LogP contribution < -0.4 is 25.8 Å². The Kier molecular flexibility index (Phi) is 6.33. The number of carbonyl (C=O) groups excluding carboxylic acids is 2. The van der Waals surface area contributed by atoms with E-state index in [9.17, 15) is 14.9 Å². The smallest absolute Gasteiger partial charge is 0.259 e. The quantitative estimate of drug-likeness (QED) is 0.473. The number of fused-ring (bicyclic) bond motifs is 1. The van der Waals surface area contributed by atoms with Crippen LogP contribution >= 0.6 is 11.8 Å². The van der Waals surface area contributed by atoms with Gasteiger partial charge in [0.25, 0.3) is 5.91 Å². The molecule has 1 atom stereocenters. The maximum atomic E-state index is 12.7. The molecule has 0 saturated heterocycles. The number of ether oxygens (including phenoxy) is 2. The topological polar surface area (TPSA) is 139 Å². The van der Waals surface area contributed by atoms with E-state index in [1.54, 1.807) is 49.4 Å². The van der Waals surface area contributed by atoms with Gasteiger partial charge in [-0.05, 0) is 37.3 Å². The number of nitrogens with zero attached hydrogens (tertiary/aromatic N) is 2. The summed E-state index contributed by atoms with van der Waals surface area (Å²) in [5, 5.41) is 14.8. The number of anilines is 3. The number of pyridine rings is 1. The highest BCUT2D eigenvalue weighted by atomic mass is 32.2. The number of nitriles is 1. The van der Waals surface area contributed by atoms with E-state index < -0.39 is 11.2 Å². The summed E-state index contributed by atoms with van der Waals surface area (Å²) in [7, 11) is 0. The van der Waals surface area contributed by atoms with Gasteiger partial charge in [-0.2, -0.15) is 5.26 Å². The average Bonchev–Trinajstić information content (AvgIpc) is 3.27. The third-order valence-corrected chi connectivity index (χ3v) is 5.81. The van der Waals surface area contributed by atoms with Crippen molar-refractivity contribution < 1.29 is 19.1 Å². The third kappa shape index (κ3) is 4.99. The van der Waals surface area contributed by atoms with Crippen LogP contribution in [0.3, 0.4) is 0 Å². The predicted octanol–water partition coefficient (Wildman–Crippen LogP) is 3.64. The molecule has 0 bridgehead atoms. The monoisotopic (exact) mass is 461 g/mol. The molecule has 10 heteroatoms. The second kappa shape index (κ2) is 9.50. The van der Waals surface area contributed by atoms with Gasteiger partial charge < -0.3 is 25.8 Å². The van der Waals surface area contributed by atoms with Crippen molar-refractivity contribution in [1.29, 1.82) is 5.26 Å². The Hall–Kier alpha value is -4.23. The minimum Gasteiger partial charge on any atom is -0.454 e. The predicted molar refractivity (Wildman–Crippen MR) is 124 cm³/mol. The van der Waals surface area contributed by atoms with Gasteiger partial charge in [0.2, 0.25) is 12.7 Å². The van der Waals surface area contributed by atoms with Crippen molar-refractivity contribution >= 4 is 40.8 Å². The standard InChI is InChI=1S/C23H19N5O4S/c1-13(21(29)27-16-7-8-18-19(10-16)32-12-31-18)33-23-14(11-24)9-17(20(25)28-23)22(30)26-15-5-3-2-4-6-15/h2-10,13H,12H2,1H3,(H2,25,28)(H,26,30)(H,27,29)/t13-/m1/s1. The average molecular weight is 462 g/mol. The van der Waals surface area contributed by atoms with Gasteiger partial charge in [0, 0.05) is 17.4 Å². The Bertz CT molecular complexity index is 1260. The number of nitrogens with two attached hydrogens (primary N) is 1. The minimum absolute atomic E-state index is 0.0340. The molecule has 33 heavy (non-hydrogen) atoms. The first kappa shape index (κ1) is 22.0. The Morgan fingerprint density at radius 1 is 1.09 bits per heavy atom. The molecule has 166 valence electrons. The lowest BCUT2D eigenvalue weighted by atomic mass is 10.2. The van der Waals surface area contributed by atoms with Crippen molar-refractivity contribution in [3.05, 3.63) is 65.7 Å². The Morgan fingerprint density at radius 3 is 2.61 bits per heavy atom. The van der Waals surface area contributed by atoms with Gasteiger partial charge >= 0.3 is 0 Å². The van der Waals surface area contributed by atoms with Crippen LogP contribution in [0.4, 0.5) is 17.2 Å². The molecule has 4 rings (SSSR count). The van der Waals surface area contributed by atoms with Crippen molar-refractivity contribution in [1.82, 2.24) is 4.98 Å². The normalized spacial score (nSPS) is 12.5. The molecule has 0 aliphatic carbocycles. The van der Waals surface area contributed by atoms with Gasteiger partial charge in [0.1, 0.15) is 16.9 Å². The van der Waals surface area contributed by atoms with E-state index in [1.807, 2.05) is 12.1 Å². The number of carbonyl (C=O) groups is 2. The number of benzene rings is 2. The first-order valence-electron chi connectivity index (χ1n) is 9.89. The molecule has 0 spiro atoms. The van der Waals surface area contributed by atoms with Crippen LogP contribution in [0.5, 0.6) is 11.5 Å². The van der Waals surface area contributed by atoms with Crippen LogP contribution in [0.15, 0.2) is 59.6 Å². The second-order valence-corrected chi connectivity index (χ2v) is 8.35. The van der Waals surface area contributed by atoms with Gasteiger partial charge in [-0.25, -0.2) is 4.98 Å². The van der Waals surface area contributed by atoms with E-state index in [2.05, 4.69) is 15.6 Å². The van der Waals surface area contributed by atoms with Crippen molar-refractivity contribution in [2.24, 2.45) is 0 Å². The van der Waals surface area contributed by atoms with Crippen LogP contribution in [0.25, 0.3) is 0 Å². The summed E-state index contributed by atoms with van der Waals surface area (Å²) >= 11 is 1.07. The summed E-state index contributed by atoms with van der Waals surface area (Å²) in [5.41, 5.74) is 7.38. The molecule has 2 aromatic carbocycles. The van der Waals surface area contributed by atoms with Crippen molar-refractivity contribution in [2.75, 3.05) is 23.2 Å². The summed E-state index contributed by atoms with van der Waals surface area (Å²) in [6, 6.07) is 17.4. The largest absolute Gasteiger partial charge is 0.454 e. The van der Waals surface area contributed by atoms with Gasteiger partial charge in [-0.3, -0.25) is 9.59 Å². The lowest BCUT2D eigenvalue weighted by Crippen LogP contribution is -2.23. The van der Waals surface area contributed by atoms with Crippen LogP contribution in [-0.4, -0.2) is 28.8 Å². The molecule has 9 nitrogen and oxygen atoms in total. The van der Waals surface area contributed by atoms with Gasteiger partial charge in [-0.15, -0.1) is 0 Å². The zero-order valence-corrected chi connectivity index (χ0v) is 18.3. The van der Waals surface area contributed by atoms with Crippen LogP contribution in [0.2, 0.25) is 0 Å². The van der Waals surface area contributed by atoms with Crippen molar-refractivity contribution in [3.8, 4) is 17.6 Å². The van der Waals surface area contributed by atoms with Crippen LogP contribution in [0, 0.1) is 11.3 Å². The highest BCUT2D eigenvalue weighted by molar-refractivity contribution is 8.00. The van der Waals surface area contributed by atoms with E-state index in [0.29, 0.717) is 22.9 Å². The number of aromatic nitrogens is 1. The number of nitrogens with one attached hydrogen (secondary N) is 2. The summed E-state index contributed by atoms with van der Waals surface area (Å²) in [4.78, 5) is 29.5. The number of nitrogen functional groups attached to an aromatic ring is 1. The minimum atomic E-state index is -0.599. The molecule has 3 aromatic rings. The molecular weight excluding hydrogens is 442 g/mol. The maximum Gasteiger partial charge on any atom is 0.259 e. The molecule has 0 saturated carbocycles. The van der Waals surface area contributed by atoms with Crippen LogP contribution in [-0.2, 0) is 4.79 Å². The zero-order chi connectivity index (χ0) is 23.4. The Labute approximate surface area is 193 Å². The highest BCUT2D eigenvalue weighted by Gasteiger charge is 2.22. The fraction of sp³-hybridized carbons (Fsp3) is 0.130. The molecule has 4 N–H and O–H groups in total. The molecule has 1 aromatic heterocycles. The van der Waals surface area contributed by atoms with E-state index in [-0.39, 0.29) is 34.7 Å². The lowest BCUT2D eigenvalue weighted by molar-refractivity contribution is -0.115. The van der Waals surface area contributed by atoms with E-state index in [1.165, 1.54) is 6.07 Å². The van der Waals surface area contributed by atoms with Gasteiger partial charge in [0.05, 0.1) is 16.4 Å². The molecular formula is C23H19N5O4S. The molecule has 1 aliphatic rings. The number of hydrogen-bond acceptors (Lipinski definition) is 8. The van der Waals surface area contributed by atoms with E-state index in [0.717, 1.165) is 11.8 Å². The summed E-state index contributed by atoms with van der Waals surface area (Å²) in [6.07, 6.45) is 0. The van der Waals surface area contributed by atoms with Gasteiger partial charge in [-0.1, -0.05) is 30.0 Å². The molecule has 0 fully saturated rings. The SMILES string of the molecule is C[C@@H](Sc1nc(N)c(C(=O)Nc2ccccc2)cc1C#N)C(=O)Nc1ccc2c(c1)OCO2. The molecule has 0 unspecified atom stereocenters. The van der Waals surface area contributed by atoms with Gasteiger partial charge in [0.15, 0.2) is 11.5 Å². The van der Waals surface area contributed by atoms with E-state index in [4.69, 9.17) is 15.2 Å². The number of hydrogen-bond donors (Lipinski definition) is 3. The molecule has 1 aliphatic heterocycles. The number of para-hydroxylation sites is 1. The molecule has 0 radical (unpaired) electrons. The molecule has 2 amide bonds. The molecule has 2 heterocycles. The maximum absolute atomic E-state index is 12.7. The van der Waals surface area contributed by atoms with Crippen molar-refractivity contribution in [3.63, 3.8) is 0 Å². The lowest BCUT2D eigenvalue weighted by Gasteiger charge is -2.14. The summed E-state index contributed by atoms with van der Waals surface area (Å²) < 4.78 is 10.6. The number of amides is 2. The van der Waals surface area contributed by atoms with E-state index >= 15 is 0 Å². The highest BCUT2D eigenvalue weighted by Crippen LogP contribution is 2.35. The first-order valence-corrected chi connectivity index (χ1v) is 10.8. The Balaban J connectivity index is 1.47.